The van der Waals surface area contributed by atoms with E-state index >= 15 is 0 Å². The van der Waals surface area contributed by atoms with Gasteiger partial charge in [0.2, 0.25) is 5.91 Å². The molecule has 1 amide bonds. The standard InChI is InChI=1S/C40H48Cl2N2O2/c1-7-39(3,4)30-24-31(40(5,6)8-2)26-34(25-30)46-22-10-13-36(45)44-38(28-16-20-33(42)21-17-28)35-12-9-11-29(37(35)43-44)23-27-14-18-32(41)19-15-27/h14-21,23-26,35,38H,7-13,22H2,1-6H3/b29-23-/t35-,38+/m1/s1. The van der Waals surface area contributed by atoms with Gasteiger partial charge in [-0.15, -0.1) is 0 Å². The van der Waals surface area contributed by atoms with Crippen LogP contribution in [-0.2, 0) is 15.6 Å². The first kappa shape index (κ1) is 34.3. The number of hydrogen-bond donors (Lipinski definition) is 0. The Morgan fingerprint density at radius 1 is 0.913 bits per heavy atom. The maximum atomic E-state index is 13.9. The second-order valence-electron chi connectivity index (χ2n) is 14.1. The molecule has 2 atom stereocenters. The fourth-order valence-corrected chi connectivity index (χ4v) is 6.61. The molecule has 0 N–H and O–H groups in total. The molecule has 1 aliphatic heterocycles. The van der Waals surface area contributed by atoms with E-state index in [4.69, 9.17) is 33.0 Å². The van der Waals surface area contributed by atoms with E-state index in [1.807, 2.05) is 48.5 Å². The molecule has 3 aromatic rings. The number of halogens is 2. The number of hydrazone groups is 1. The summed E-state index contributed by atoms with van der Waals surface area (Å²) >= 11 is 12.4. The van der Waals surface area contributed by atoms with Crippen molar-refractivity contribution in [1.29, 1.82) is 0 Å². The van der Waals surface area contributed by atoms with Crippen molar-refractivity contribution in [2.45, 2.75) is 103 Å². The van der Waals surface area contributed by atoms with Gasteiger partial charge < -0.3 is 4.74 Å². The third-order valence-electron chi connectivity index (χ3n) is 10.2. The summed E-state index contributed by atoms with van der Waals surface area (Å²) in [6, 6.07) is 22.3. The van der Waals surface area contributed by atoms with E-state index in [1.54, 1.807) is 5.01 Å². The lowest BCUT2D eigenvalue weighted by atomic mass is 9.76. The first-order chi connectivity index (χ1) is 21.9. The van der Waals surface area contributed by atoms with Crippen molar-refractivity contribution in [3.8, 4) is 5.75 Å². The molecule has 3 aromatic carbocycles. The van der Waals surface area contributed by atoms with E-state index in [-0.39, 0.29) is 28.7 Å². The van der Waals surface area contributed by atoms with Crippen molar-refractivity contribution in [2.75, 3.05) is 6.61 Å². The Hall–Kier alpha value is -3.08. The largest absolute Gasteiger partial charge is 0.494 e. The van der Waals surface area contributed by atoms with E-state index in [1.165, 1.54) is 16.7 Å². The molecule has 0 saturated heterocycles. The number of benzene rings is 3. The predicted molar refractivity (Wildman–Crippen MR) is 193 cm³/mol. The Morgan fingerprint density at radius 3 is 2.09 bits per heavy atom. The highest BCUT2D eigenvalue weighted by atomic mass is 35.5. The number of ether oxygens (including phenoxy) is 1. The van der Waals surface area contributed by atoms with Gasteiger partial charge in [0, 0.05) is 22.4 Å². The topological polar surface area (TPSA) is 41.9 Å². The molecule has 244 valence electrons. The number of amides is 1. The Bertz CT molecular complexity index is 1550. The molecule has 1 aliphatic carbocycles. The molecule has 0 aromatic heterocycles. The summed E-state index contributed by atoms with van der Waals surface area (Å²) in [5.41, 5.74) is 7.06. The van der Waals surface area contributed by atoms with E-state index in [0.29, 0.717) is 29.5 Å². The summed E-state index contributed by atoms with van der Waals surface area (Å²) in [6.07, 6.45) is 8.22. The van der Waals surface area contributed by atoms with Crippen LogP contribution in [0.4, 0.5) is 0 Å². The van der Waals surface area contributed by atoms with Gasteiger partial charge in [0.15, 0.2) is 0 Å². The van der Waals surface area contributed by atoms with Crippen LogP contribution in [0.25, 0.3) is 6.08 Å². The van der Waals surface area contributed by atoms with E-state index in [2.05, 4.69) is 65.8 Å². The lowest BCUT2D eigenvalue weighted by Gasteiger charge is -2.30. The van der Waals surface area contributed by atoms with Crippen molar-refractivity contribution >= 4 is 40.9 Å². The molecular formula is C40H48Cl2N2O2. The zero-order valence-electron chi connectivity index (χ0n) is 28.2. The molecule has 0 unspecified atom stereocenters. The zero-order chi connectivity index (χ0) is 33.1. The number of carbonyl (C=O) groups is 1. The van der Waals surface area contributed by atoms with Gasteiger partial charge in [0.25, 0.3) is 0 Å². The summed E-state index contributed by atoms with van der Waals surface area (Å²) in [4.78, 5) is 13.9. The average Bonchev–Trinajstić information content (AvgIpc) is 3.45. The van der Waals surface area contributed by atoms with Crippen LogP contribution in [0.5, 0.6) is 5.75 Å². The lowest BCUT2D eigenvalue weighted by molar-refractivity contribution is -0.133. The number of rotatable bonds is 11. The predicted octanol–water partition coefficient (Wildman–Crippen LogP) is 11.4. The lowest BCUT2D eigenvalue weighted by Crippen LogP contribution is -2.32. The summed E-state index contributed by atoms with van der Waals surface area (Å²) in [6.45, 7) is 14.1. The van der Waals surface area contributed by atoms with Gasteiger partial charge in [-0.25, -0.2) is 5.01 Å². The molecule has 1 heterocycles. The number of allylic oxidation sites excluding steroid dienone is 1. The van der Waals surface area contributed by atoms with E-state index in [0.717, 1.165) is 54.7 Å². The quantitative estimate of drug-likeness (QED) is 0.192. The van der Waals surface area contributed by atoms with Gasteiger partial charge in [-0.2, -0.15) is 5.10 Å². The number of nitrogens with zero attached hydrogens (tertiary/aromatic N) is 2. The first-order valence-corrected chi connectivity index (χ1v) is 17.6. The Kier molecular flexibility index (Phi) is 10.7. The van der Waals surface area contributed by atoms with Crippen LogP contribution >= 0.6 is 23.2 Å². The minimum absolute atomic E-state index is 0.0185. The third kappa shape index (κ3) is 7.72. The summed E-state index contributed by atoms with van der Waals surface area (Å²) in [5, 5.41) is 8.20. The maximum Gasteiger partial charge on any atom is 0.243 e. The summed E-state index contributed by atoms with van der Waals surface area (Å²) in [7, 11) is 0. The molecule has 6 heteroatoms. The van der Waals surface area contributed by atoms with Crippen LogP contribution in [0.2, 0.25) is 10.0 Å². The fourth-order valence-electron chi connectivity index (χ4n) is 6.36. The average molecular weight is 660 g/mol. The molecular weight excluding hydrogens is 611 g/mol. The molecule has 1 saturated carbocycles. The fraction of sp³-hybridized carbons (Fsp3) is 0.450. The summed E-state index contributed by atoms with van der Waals surface area (Å²) in [5.74, 6) is 1.04. The number of carbonyl (C=O) groups excluding carboxylic acids is 1. The molecule has 0 spiro atoms. The molecule has 1 fully saturated rings. The van der Waals surface area contributed by atoms with Crippen molar-refractivity contribution < 1.29 is 9.53 Å². The minimum Gasteiger partial charge on any atom is -0.494 e. The zero-order valence-corrected chi connectivity index (χ0v) is 29.7. The highest BCUT2D eigenvalue weighted by Gasteiger charge is 2.43. The smallest absolute Gasteiger partial charge is 0.243 e. The normalized spacial score (nSPS) is 19.3. The van der Waals surface area contributed by atoms with Crippen molar-refractivity contribution in [2.24, 2.45) is 11.0 Å². The number of hydrogen-bond acceptors (Lipinski definition) is 3. The van der Waals surface area contributed by atoms with Gasteiger partial charge >= 0.3 is 0 Å². The molecule has 2 aliphatic rings. The Balaban J connectivity index is 1.34. The van der Waals surface area contributed by atoms with Crippen molar-refractivity contribution in [3.63, 3.8) is 0 Å². The molecule has 5 rings (SSSR count). The first-order valence-electron chi connectivity index (χ1n) is 16.8. The van der Waals surface area contributed by atoms with Crippen LogP contribution in [0.3, 0.4) is 0 Å². The van der Waals surface area contributed by atoms with Crippen molar-refractivity contribution in [3.05, 3.63) is 105 Å². The van der Waals surface area contributed by atoms with Crippen LogP contribution in [0, 0.1) is 5.92 Å². The highest BCUT2D eigenvalue weighted by Crippen LogP contribution is 2.45. The van der Waals surface area contributed by atoms with Gasteiger partial charge in [-0.1, -0.05) is 95.1 Å². The van der Waals surface area contributed by atoms with Crippen LogP contribution in [0.15, 0.2) is 77.4 Å². The SMILES string of the molecule is CCC(C)(C)c1cc(OCCCC(=O)N2N=C3/C(=C\c4ccc(Cl)cc4)CCC[C@H]3[C@@H]2c2ccc(Cl)cc2)cc(C(C)(C)CC)c1. The van der Waals surface area contributed by atoms with Crippen molar-refractivity contribution in [1.82, 2.24) is 5.01 Å². The minimum atomic E-state index is -0.151. The van der Waals surface area contributed by atoms with Crippen LogP contribution in [0.1, 0.15) is 115 Å². The molecule has 4 nitrogen and oxygen atoms in total. The molecule has 46 heavy (non-hydrogen) atoms. The van der Waals surface area contributed by atoms with E-state index in [9.17, 15) is 4.79 Å². The summed E-state index contributed by atoms with van der Waals surface area (Å²) < 4.78 is 6.35. The number of fused-ring (bicyclic) bond motifs is 1. The molecule has 0 bridgehead atoms. The second-order valence-corrected chi connectivity index (χ2v) is 15.0. The van der Waals surface area contributed by atoms with Gasteiger partial charge in [0.1, 0.15) is 5.75 Å². The second kappa shape index (κ2) is 14.4. The van der Waals surface area contributed by atoms with Gasteiger partial charge in [-0.3, -0.25) is 4.79 Å². The van der Waals surface area contributed by atoms with Gasteiger partial charge in [-0.05, 0) is 120 Å². The van der Waals surface area contributed by atoms with Gasteiger partial charge in [0.05, 0.1) is 18.4 Å². The Labute approximate surface area is 285 Å². The van der Waals surface area contributed by atoms with Crippen LogP contribution in [-0.4, -0.2) is 23.2 Å². The van der Waals surface area contributed by atoms with E-state index < -0.39 is 0 Å². The monoisotopic (exact) mass is 658 g/mol. The van der Waals surface area contributed by atoms with Crippen LogP contribution < -0.4 is 4.74 Å². The highest BCUT2D eigenvalue weighted by molar-refractivity contribution is 6.30. The molecule has 0 radical (unpaired) electrons. The third-order valence-corrected chi connectivity index (χ3v) is 10.7. The Morgan fingerprint density at radius 2 is 1.50 bits per heavy atom. The maximum absolute atomic E-state index is 13.9.